The zero-order chi connectivity index (χ0) is 19.1. The summed E-state index contributed by atoms with van der Waals surface area (Å²) in [4.78, 5) is 11.2. The second-order valence-corrected chi connectivity index (χ2v) is 7.55. The number of rotatable bonds is 6. The lowest BCUT2D eigenvalue weighted by Crippen LogP contribution is -2.46. The number of aliphatic imine (C=N–C) groups is 1. The topological polar surface area (TPSA) is 66.5 Å². The average Bonchev–Trinajstić information content (AvgIpc) is 3.16. The van der Waals surface area contributed by atoms with E-state index < -0.39 is 0 Å². The Balaban J connectivity index is 1.42. The lowest BCUT2D eigenvalue weighted by atomic mass is 9.90. The molecule has 0 spiro atoms. The van der Waals surface area contributed by atoms with Crippen LogP contribution in [0.3, 0.4) is 0 Å². The Labute approximate surface area is 162 Å². The van der Waals surface area contributed by atoms with Crippen molar-refractivity contribution in [1.82, 2.24) is 20.4 Å². The van der Waals surface area contributed by atoms with E-state index in [0.29, 0.717) is 18.2 Å². The molecular weight excluding hydrogens is 338 g/mol. The summed E-state index contributed by atoms with van der Waals surface area (Å²) >= 11 is 0. The molecule has 146 valence electrons. The Kier molecular flexibility index (Phi) is 6.85. The molecule has 1 aliphatic rings. The van der Waals surface area contributed by atoms with Crippen molar-refractivity contribution in [2.24, 2.45) is 10.9 Å². The molecule has 1 aromatic heterocycles. The van der Waals surface area contributed by atoms with Crippen LogP contribution in [0.1, 0.15) is 49.9 Å². The Hall–Kier alpha value is -2.37. The lowest BCUT2D eigenvalue weighted by Gasteiger charge is -2.34. The Morgan fingerprint density at radius 1 is 1.26 bits per heavy atom. The van der Waals surface area contributed by atoms with Gasteiger partial charge in [0.2, 0.25) is 5.89 Å². The van der Waals surface area contributed by atoms with Gasteiger partial charge in [-0.25, -0.2) is 0 Å². The first-order valence-electron chi connectivity index (χ1n) is 9.97. The normalized spacial score (nSPS) is 16.1. The van der Waals surface area contributed by atoms with Crippen LogP contribution < -0.4 is 5.32 Å². The van der Waals surface area contributed by atoms with Crippen LogP contribution in [0.15, 0.2) is 39.8 Å². The van der Waals surface area contributed by atoms with Gasteiger partial charge in [0.15, 0.2) is 11.8 Å². The van der Waals surface area contributed by atoms with Crippen LogP contribution in [0.5, 0.6) is 0 Å². The molecule has 1 N–H and O–H groups in total. The number of aromatic nitrogens is 2. The van der Waals surface area contributed by atoms with E-state index in [9.17, 15) is 0 Å². The van der Waals surface area contributed by atoms with Gasteiger partial charge >= 0.3 is 0 Å². The first-order chi connectivity index (χ1) is 13.2. The smallest absolute Gasteiger partial charge is 0.228 e. The van der Waals surface area contributed by atoms with Crippen molar-refractivity contribution in [2.75, 3.05) is 26.7 Å². The Morgan fingerprint density at radius 2 is 2.00 bits per heavy atom. The van der Waals surface area contributed by atoms with Gasteiger partial charge < -0.3 is 14.7 Å². The molecule has 0 aliphatic carbocycles. The van der Waals surface area contributed by atoms with Crippen LogP contribution in [0.25, 0.3) is 0 Å². The van der Waals surface area contributed by atoms with Crippen LogP contribution in [-0.4, -0.2) is 47.7 Å². The van der Waals surface area contributed by atoms with E-state index in [1.54, 1.807) is 0 Å². The molecule has 0 radical (unpaired) electrons. The second-order valence-electron chi connectivity index (χ2n) is 7.55. The monoisotopic (exact) mass is 369 g/mol. The molecule has 2 aromatic rings. The fourth-order valence-electron chi connectivity index (χ4n) is 3.51. The first kappa shape index (κ1) is 19.4. The predicted octanol–water partition coefficient (Wildman–Crippen LogP) is 3.27. The largest absolute Gasteiger partial charge is 0.356 e. The number of piperidine rings is 1. The number of hydrogen-bond acceptors (Lipinski definition) is 4. The molecule has 0 atom stereocenters. The van der Waals surface area contributed by atoms with Gasteiger partial charge in [0.25, 0.3) is 0 Å². The molecule has 6 nitrogen and oxygen atoms in total. The minimum absolute atomic E-state index is 0.292. The van der Waals surface area contributed by atoms with Crippen molar-refractivity contribution in [2.45, 2.75) is 45.4 Å². The first-order valence-corrected chi connectivity index (χ1v) is 9.97. The van der Waals surface area contributed by atoms with Crippen molar-refractivity contribution in [1.29, 1.82) is 0 Å². The number of likely N-dealkylation sites (tertiary alicyclic amines) is 1. The summed E-state index contributed by atoms with van der Waals surface area (Å²) in [5, 5.41) is 7.45. The minimum atomic E-state index is 0.292. The zero-order valence-corrected chi connectivity index (χ0v) is 16.7. The van der Waals surface area contributed by atoms with E-state index in [1.165, 1.54) is 24.8 Å². The number of nitrogens with zero attached hydrogens (tertiary/aromatic N) is 4. The molecule has 1 aliphatic heterocycles. The van der Waals surface area contributed by atoms with Crippen molar-refractivity contribution < 1.29 is 4.52 Å². The summed E-state index contributed by atoms with van der Waals surface area (Å²) in [5.41, 5.74) is 1.44. The molecule has 0 amide bonds. The fourth-order valence-corrected chi connectivity index (χ4v) is 3.51. The van der Waals surface area contributed by atoms with Crippen LogP contribution in [-0.2, 0) is 12.8 Å². The Bertz CT molecular complexity index is 717. The summed E-state index contributed by atoms with van der Waals surface area (Å²) in [6.45, 7) is 6.98. The maximum absolute atomic E-state index is 5.30. The molecule has 27 heavy (non-hydrogen) atoms. The predicted molar refractivity (Wildman–Crippen MR) is 108 cm³/mol. The molecule has 3 rings (SSSR count). The zero-order valence-electron chi connectivity index (χ0n) is 16.7. The molecule has 6 heteroatoms. The van der Waals surface area contributed by atoms with Crippen LogP contribution in [0.4, 0.5) is 0 Å². The Morgan fingerprint density at radius 3 is 2.63 bits per heavy atom. The van der Waals surface area contributed by atoms with E-state index >= 15 is 0 Å². The van der Waals surface area contributed by atoms with Crippen LogP contribution >= 0.6 is 0 Å². The lowest BCUT2D eigenvalue weighted by molar-refractivity contribution is 0.259. The van der Waals surface area contributed by atoms with Gasteiger partial charge in [0, 0.05) is 39.0 Å². The van der Waals surface area contributed by atoms with Gasteiger partial charge in [-0.2, -0.15) is 4.98 Å². The molecule has 0 unspecified atom stereocenters. The summed E-state index contributed by atoms with van der Waals surface area (Å²) in [6.07, 6.45) is 4.30. The molecule has 0 saturated carbocycles. The molecule has 1 aromatic carbocycles. The van der Waals surface area contributed by atoms with Crippen molar-refractivity contribution in [3.05, 3.63) is 47.6 Å². The van der Waals surface area contributed by atoms with Gasteiger partial charge in [-0.3, -0.25) is 4.99 Å². The summed E-state index contributed by atoms with van der Waals surface area (Å²) in [6, 6.07) is 10.8. The van der Waals surface area contributed by atoms with Crippen molar-refractivity contribution in [3.8, 4) is 0 Å². The molecule has 0 bridgehead atoms. The molecule has 2 heterocycles. The maximum atomic E-state index is 5.30. The highest BCUT2D eigenvalue weighted by Gasteiger charge is 2.21. The van der Waals surface area contributed by atoms with Crippen molar-refractivity contribution >= 4 is 5.96 Å². The maximum Gasteiger partial charge on any atom is 0.228 e. The fraction of sp³-hybridized carbons (Fsp3) is 0.571. The second kappa shape index (κ2) is 9.53. The van der Waals surface area contributed by atoms with E-state index in [-0.39, 0.29) is 0 Å². The average molecular weight is 370 g/mol. The van der Waals surface area contributed by atoms with E-state index in [1.807, 2.05) is 7.05 Å². The third kappa shape index (κ3) is 5.55. The number of nitrogens with one attached hydrogen (secondary N) is 1. The molecule has 1 fully saturated rings. The minimum Gasteiger partial charge on any atom is -0.356 e. The van der Waals surface area contributed by atoms with E-state index in [2.05, 4.69) is 69.5 Å². The quantitative estimate of drug-likeness (QED) is 0.625. The third-order valence-electron chi connectivity index (χ3n) is 5.12. The number of guanidine groups is 1. The van der Waals surface area contributed by atoms with Crippen LogP contribution in [0, 0.1) is 5.92 Å². The van der Waals surface area contributed by atoms with Crippen molar-refractivity contribution in [3.63, 3.8) is 0 Å². The number of hydrogen-bond donors (Lipinski definition) is 1. The SMILES string of the molecule is CN=C(NCCc1nc(C(C)C)no1)N1CCC(Cc2ccccc2)CC1. The van der Waals surface area contributed by atoms with Crippen LogP contribution in [0.2, 0.25) is 0 Å². The third-order valence-corrected chi connectivity index (χ3v) is 5.12. The summed E-state index contributed by atoms with van der Waals surface area (Å²) in [5.74, 6) is 3.48. The van der Waals surface area contributed by atoms with Gasteiger partial charge in [-0.05, 0) is 30.7 Å². The molecular formula is C21H31N5O. The van der Waals surface area contributed by atoms with Gasteiger partial charge in [-0.15, -0.1) is 0 Å². The highest BCUT2D eigenvalue weighted by atomic mass is 16.5. The van der Waals surface area contributed by atoms with E-state index in [0.717, 1.165) is 37.3 Å². The number of benzene rings is 1. The highest BCUT2D eigenvalue weighted by molar-refractivity contribution is 5.79. The summed E-state index contributed by atoms with van der Waals surface area (Å²) < 4.78 is 5.30. The molecule has 1 saturated heterocycles. The van der Waals surface area contributed by atoms with Gasteiger partial charge in [0.1, 0.15) is 0 Å². The summed E-state index contributed by atoms with van der Waals surface area (Å²) in [7, 11) is 1.85. The highest BCUT2D eigenvalue weighted by Crippen LogP contribution is 2.21. The van der Waals surface area contributed by atoms with Gasteiger partial charge in [0.05, 0.1) is 0 Å². The standard InChI is InChI=1S/C21H31N5O/c1-16(2)20-24-19(27-25-20)9-12-23-21(22-3)26-13-10-18(11-14-26)15-17-7-5-4-6-8-17/h4-8,16,18H,9-15H2,1-3H3,(H,22,23). The van der Waals surface area contributed by atoms with E-state index in [4.69, 9.17) is 4.52 Å². The van der Waals surface area contributed by atoms with Gasteiger partial charge in [-0.1, -0.05) is 49.3 Å².